The predicted octanol–water partition coefficient (Wildman–Crippen LogP) is 4.05. The van der Waals surface area contributed by atoms with Crippen LogP contribution in [0.2, 0.25) is 5.02 Å². The highest BCUT2D eigenvalue weighted by Gasteiger charge is 2.17. The van der Waals surface area contributed by atoms with Crippen LogP contribution in [0.5, 0.6) is 0 Å². The molecule has 2 aromatic rings. The lowest BCUT2D eigenvalue weighted by molar-refractivity contribution is -0.129. The number of aromatic nitrogens is 1. The monoisotopic (exact) mass is 326 g/mol. The van der Waals surface area contributed by atoms with Gasteiger partial charge in [-0.1, -0.05) is 23.4 Å². The minimum Gasteiger partial charge on any atom is -0.342 e. The van der Waals surface area contributed by atoms with Gasteiger partial charge >= 0.3 is 0 Å². The molecular formula is C14H15ClN2OS2. The molecule has 1 fully saturated rings. The van der Waals surface area contributed by atoms with Gasteiger partial charge in [0, 0.05) is 18.1 Å². The number of piperidine rings is 1. The van der Waals surface area contributed by atoms with Crippen molar-refractivity contribution >= 4 is 50.8 Å². The van der Waals surface area contributed by atoms with Crippen molar-refractivity contribution in [2.24, 2.45) is 0 Å². The number of carbonyl (C=O) groups is 1. The van der Waals surface area contributed by atoms with E-state index in [1.807, 2.05) is 23.1 Å². The van der Waals surface area contributed by atoms with E-state index in [1.165, 1.54) is 18.2 Å². The lowest BCUT2D eigenvalue weighted by atomic mass is 10.1. The van der Waals surface area contributed by atoms with Gasteiger partial charge in [-0.05, 0) is 37.5 Å². The summed E-state index contributed by atoms with van der Waals surface area (Å²) >= 11 is 9.10. The lowest BCUT2D eigenvalue weighted by Crippen LogP contribution is -2.36. The molecule has 3 nitrogen and oxygen atoms in total. The number of rotatable bonds is 3. The third kappa shape index (κ3) is 3.27. The van der Waals surface area contributed by atoms with Crippen molar-refractivity contribution < 1.29 is 4.79 Å². The van der Waals surface area contributed by atoms with Gasteiger partial charge in [0.25, 0.3) is 0 Å². The van der Waals surface area contributed by atoms with Crippen molar-refractivity contribution in [2.45, 2.75) is 23.6 Å². The van der Waals surface area contributed by atoms with Crippen LogP contribution in [0.3, 0.4) is 0 Å². The summed E-state index contributed by atoms with van der Waals surface area (Å²) in [5.74, 6) is 0.708. The van der Waals surface area contributed by atoms with Crippen molar-refractivity contribution in [3.63, 3.8) is 0 Å². The molecule has 0 aliphatic carbocycles. The van der Waals surface area contributed by atoms with E-state index in [2.05, 4.69) is 4.98 Å². The zero-order valence-electron chi connectivity index (χ0n) is 11.0. The Morgan fingerprint density at radius 2 is 2.15 bits per heavy atom. The molecule has 1 aliphatic rings. The van der Waals surface area contributed by atoms with E-state index in [4.69, 9.17) is 11.6 Å². The summed E-state index contributed by atoms with van der Waals surface area (Å²) in [4.78, 5) is 18.6. The summed E-state index contributed by atoms with van der Waals surface area (Å²) in [6.07, 6.45) is 3.52. The number of hydrogen-bond donors (Lipinski definition) is 0. The van der Waals surface area contributed by atoms with Crippen LogP contribution in [0.15, 0.2) is 22.5 Å². The van der Waals surface area contributed by atoms with E-state index in [-0.39, 0.29) is 5.91 Å². The second kappa shape index (κ2) is 6.33. The van der Waals surface area contributed by atoms with Crippen molar-refractivity contribution in [1.82, 2.24) is 9.88 Å². The molecule has 1 amide bonds. The van der Waals surface area contributed by atoms with Crippen LogP contribution in [0.4, 0.5) is 0 Å². The average molecular weight is 327 g/mol. The minimum atomic E-state index is 0.229. The standard InChI is InChI=1S/C14H15ClN2OS2/c15-10-4-5-12-11(8-10)16-14(20-12)19-9-13(18)17-6-2-1-3-7-17/h4-5,8H,1-3,6-7,9H2. The molecule has 20 heavy (non-hydrogen) atoms. The molecule has 0 atom stereocenters. The summed E-state index contributed by atoms with van der Waals surface area (Å²) in [5.41, 5.74) is 0.912. The minimum absolute atomic E-state index is 0.229. The first-order valence-electron chi connectivity index (χ1n) is 6.69. The molecule has 0 spiro atoms. The van der Waals surface area contributed by atoms with Crippen LogP contribution in [-0.2, 0) is 4.79 Å². The Hall–Kier alpha value is -0.780. The molecule has 6 heteroatoms. The number of benzene rings is 1. The van der Waals surface area contributed by atoms with Gasteiger partial charge in [-0.25, -0.2) is 4.98 Å². The number of thiazole rings is 1. The Labute approximate surface area is 131 Å². The summed E-state index contributed by atoms with van der Waals surface area (Å²) in [6, 6.07) is 5.71. The van der Waals surface area contributed by atoms with Crippen LogP contribution in [0, 0.1) is 0 Å². The van der Waals surface area contributed by atoms with E-state index >= 15 is 0 Å². The van der Waals surface area contributed by atoms with Gasteiger partial charge in [-0.3, -0.25) is 4.79 Å². The van der Waals surface area contributed by atoms with Gasteiger partial charge < -0.3 is 4.90 Å². The zero-order valence-corrected chi connectivity index (χ0v) is 13.4. The van der Waals surface area contributed by atoms with Crippen LogP contribution >= 0.6 is 34.7 Å². The van der Waals surface area contributed by atoms with Crippen LogP contribution in [0.25, 0.3) is 10.2 Å². The topological polar surface area (TPSA) is 33.2 Å². The summed E-state index contributed by atoms with van der Waals surface area (Å²) in [5, 5.41) is 0.698. The lowest BCUT2D eigenvalue weighted by Gasteiger charge is -2.26. The number of hydrogen-bond acceptors (Lipinski definition) is 4. The second-order valence-corrected chi connectivity index (χ2v) is 7.51. The SMILES string of the molecule is O=C(CSc1nc2cc(Cl)ccc2s1)N1CCCCC1. The fourth-order valence-electron chi connectivity index (χ4n) is 2.30. The second-order valence-electron chi connectivity index (χ2n) is 4.82. The molecule has 1 aromatic carbocycles. The Balaban J connectivity index is 1.63. The first kappa shape index (κ1) is 14.2. The Kier molecular flexibility index (Phi) is 4.48. The van der Waals surface area contributed by atoms with Gasteiger partial charge in [0.05, 0.1) is 16.0 Å². The molecule has 3 rings (SSSR count). The van der Waals surface area contributed by atoms with Crippen LogP contribution in [0.1, 0.15) is 19.3 Å². The molecule has 1 saturated heterocycles. The van der Waals surface area contributed by atoms with E-state index in [0.717, 1.165) is 40.5 Å². The van der Waals surface area contributed by atoms with Gasteiger partial charge in [-0.2, -0.15) is 0 Å². The van der Waals surface area contributed by atoms with Gasteiger partial charge in [0.1, 0.15) is 0 Å². The van der Waals surface area contributed by atoms with Gasteiger partial charge in [0.2, 0.25) is 5.91 Å². The van der Waals surface area contributed by atoms with Gasteiger partial charge in [-0.15, -0.1) is 11.3 Å². The fourth-order valence-corrected chi connectivity index (χ4v) is 4.42. The van der Waals surface area contributed by atoms with E-state index in [9.17, 15) is 4.79 Å². The molecule has 2 heterocycles. The number of halogens is 1. The maximum absolute atomic E-state index is 12.1. The largest absolute Gasteiger partial charge is 0.342 e. The molecule has 106 valence electrons. The number of amides is 1. The van der Waals surface area contributed by atoms with E-state index < -0.39 is 0 Å². The van der Waals surface area contributed by atoms with E-state index in [0.29, 0.717) is 10.8 Å². The Bertz CT molecular complexity index is 623. The van der Waals surface area contributed by atoms with Crippen molar-refractivity contribution in [2.75, 3.05) is 18.8 Å². The van der Waals surface area contributed by atoms with Crippen molar-refractivity contribution in [3.05, 3.63) is 23.2 Å². The van der Waals surface area contributed by atoms with Crippen LogP contribution < -0.4 is 0 Å². The molecule has 0 bridgehead atoms. The molecule has 1 aliphatic heterocycles. The Morgan fingerprint density at radius 3 is 2.95 bits per heavy atom. The van der Waals surface area contributed by atoms with Crippen LogP contribution in [-0.4, -0.2) is 34.6 Å². The first-order valence-corrected chi connectivity index (χ1v) is 8.87. The smallest absolute Gasteiger partial charge is 0.233 e. The molecule has 0 saturated carbocycles. The maximum atomic E-state index is 12.1. The summed E-state index contributed by atoms with van der Waals surface area (Å²) < 4.78 is 2.05. The first-order chi connectivity index (χ1) is 9.72. The number of carbonyl (C=O) groups excluding carboxylic acids is 1. The molecule has 1 aromatic heterocycles. The number of likely N-dealkylation sites (tertiary alicyclic amines) is 1. The fraction of sp³-hybridized carbons (Fsp3) is 0.429. The number of nitrogens with zero attached hydrogens (tertiary/aromatic N) is 2. The highest BCUT2D eigenvalue weighted by molar-refractivity contribution is 8.01. The molecular weight excluding hydrogens is 312 g/mol. The molecule has 0 N–H and O–H groups in total. The van der Waals surface area contributed by atoms with E-state index in [1.54, 1.807) is 11.3 Å². The quantitative estimate of drug-likeness (QED) is 0.798. The zero-order chi connectivity index (χ0) is 13.9. The van der Waals surface area contributed by atoms with Crippen molar-refractivity contribution in [1.29, 1.82) is 0 Å². The normalized spacial score (nSPS) is 15.8. The highest BCUT2D eigenvalue weighted by Crippen LogP contribution is 2.31. The average Bonchev–Trinajstić information content (AvgIpc) is 2.87. The number of thioether (sulfide) groups is 1. The Morgan fingerprint density at radius 1 is 1.35 bits per heavy atom. The summed E-state index contributed by atoms with van der Waals surface area (Å²) in [7, 11) is 0. The highest BCUT2D eigenvalue weighted by atomic mass is 35.5. The number of fused-ring (bicyclic) bond motifs is 1. The third-order valence-electron chi connectivity index (χ3n) is 3.36. The van der Waals surface area contributed by atoms with Crippen molar-refractivity contribution in [3.8, 4) is 0 Å². The molecule has 0 radical (unpaired) electrons. The third-order valence-corrected chi connectivity index (χ3v) is 5.76. The summed E-state index contributed by atoms with van der Waals surface area (Å²) in [6.45, 7) is 1.82. The molecule has 0 unspecified atom stereocenters. The predicted molar refractivity (Wildman–Crippen MR) is 85.8 cm³/mol. The van der Waals surface area contributed by atoms with Gasteiger partial charge in [0.15, 0.2) is 4.34 Å². The maximum Gasteiger partial charge on any atom is 0.233 e.